The second kappa shape index (κ2) is 8.41. The first kappa shape index (κ1) is 19.7. The van der Waals surface area contributed by atoms with Crippen LogP contribution in [0, 0.1) is 0 Å². The topological polar surface area (TPSA) is 50.2 Å². The number of hydrogen-bond acceptors (Lipinski definition) is 3. The summed E-state index contributed by atoms with van der Waals surface area (Å²) in [6, 6.07) is 23.8. The Balaban J connectivity index is 1.45. The van der Waals surface area contributed by atoms with Gasteiger partial charge in [-0.3, -0.25) is 4.79 Å². The van der Waals surface area contributed by atoms with Gasteiger partial charge in [-0.25, -0.2) is 4.98 Å². The lowest BCUT2D eigenvalue weighted by Crippen LogP contribution is -2.14. The number of imidazole rings is 1. The number of rotatable bonds is 6. The molecule has 1 aromatic heterocycles. The van der Waals surface area contributed by atoms with E-state index in [0.29, 0.717) is 5.56 Å². The van der Waals surface area contributed by atoms with Crippen LogP contribution in [0.15, 0.2) is 72.8 Å². The van der Waals surface area contributed by atoms with Gasteiger partial charge in [0, 0.05) is 44.5 Å². The highest BCUT2D eigenvalue weighted by molar-refractivity contribution is 6.04. The smallest absolute Gasteiger partial charge is 0.255 e. The summed E-state index contributed by atoms with van der Waals surface area (Å²) in [6.07, 6.45) is 1.70. The molecule has 0 bridgehead atoms. The molecule has 0 saturated heterocycles. The lowest BCUT2D eigenvalue weighted by Gasteiger charge is -2.13. The van der Waals surface area contributed by atoms with Crippen molar-refractivity contribution < 1.29 is 4.79 Å². The van der Waals surface area contributed by atoms with Crippen molar-refractivity contribution in [2.75, 3.05) is 24.3 Å². The molecule has 0 atom stereocenters. The van der Waals surface area contributed by atoms with Gasteiger partial charge in [-0.05, 0) is 54.4 Å². The molecule has 0 unspecified atom stereocenters. The Morgan fingerprint density at radius 3 is 2.57 bits per heavy atom. The van der Waals surface area contributed by atoms with Gasteiger partial charge in [-0.1, -0.05) is 30.3 Å². The predicted molar refractivity (Wildman–Crippen MR) is 123 cm³/mol. The molecule has 0 aliphatic rings. The van der Waals surface area contributed by atoms with E-state index >= 15 is 0 Å². The van der Waals surface area contributed by atoms with Crippen LogP contribution in [0.3, 0.4) is 0 Å². The molecular weight excluding hydrogens is 372 g/mol. The zero-order valence-corrected chi connectivity index (χ0v) is 17.6. The first-order valence-corrected chi connectivity index (χ1v) is 10.1. The SMILES string of the molecule is CN(C)c1cccc(C(=O)Nc2cccc(CCc3nc4ccccc4n3C)c2)c1. The van der Waals surface area contributed by atoms with Crippen molar-refractivity contribution >= 4 is 28.3 Å². The summed E-state index contributed by atoms with van der Waals surface area (Å²) in [4.78, 5) is 19.4. The number of nitrogens with one attached hydrogen (secondary N) is 1. The molecule has 0 spiro atoms. The van der Waals surface area contributed by atoms with Crippen LogP contribution in [0.4, 0.5) is 11.4 Å². The number of fused-ring (bicyclic) bond motifs is 1. The molecule has 0 fully saturated rings. The van der Waals surface area contributed by atoms with Gasteiger partial charge in [0.05, 0.1) is 11.0 Å². The van der Waals surface area contributed by atoms with Crippen molar-refractivity contribution in [2.45, 2.75) is 12.8 Å². The van der Waals surface area contributed by atoms with E-state index in [2.05, 4.69) is 29.1 Å². The zero-order valence-electron chi connectivity index (χ0n) is 17.6. The van der Waals surface area contributed by atoms with Gasteiger partial charge in [0.25, 0.3) is 5.91 Å². The highest BCUT2D eigenvalue weighted by Gasteiger charge is 2.10. The number of nitrogens with zero attached hydrogens (tertiary/aromatic N) is 3. The third kappa shape index (κ3) is 4.20. The van der Waals surface area contributed by atoms with Gasteiger partial charge in [-0.2, -0.15) is 0 Å². The van der Waals surface area contributed by atoms with Crippen LogP contribution in [0.25, 0.3) is 11.0 Å². The number of benzene rings is 3. The van der Waals surface area contributed by atoms with Crippen molar-refractivity contribution in [2.24, 2.45) is 7.05 Å². The number of hydrogen-bond donors (Lipinski definition) is 1. The van der Waals surface area contributed by atoms with E-state index in [9.17, 15) is 4.79 Å². The number of anilines is 2. The Labute approximate surface area is 177 Å². The van der Waals surface area contributed by atoms with Crippen LogP contribution in [0.5, 0.6) is 0 Å². The summed E-state index contributed by atoms with van der Waals surface area (Å²) in [6.45, 7) is 0. The third-order valence-corrected chi connectivity index (χ3v) is 5.33. The average molecular weight is 399 g/mol. The van der Waals surface area contributed by atoms with Crippen LogP contribution in [0.1, 0.15) is 21.7 Å². The normalized spacial score (nSPS) is 10.9. The molecule has 4 aromatic rings. The summed E-state index contributed by atoms with van der Waals surface area (Å²) in [5, 5.41) is 3.02. The van der Waals surface area contributed by atoms with Crippen LogP contribution in [-0.4, -0.2) is 29.6 Å². The van der Waals surface area contributed by atoms with Gasteiger partial charge in [0.2, 0.25) is 0 Å². The Morgan fingerprint density at radius 2 is 1.77 bits per heavy atom. The summed E-state index contributed by atoms with van der Waals surface area (Å²) in [5.41, 5.74) is 5.79. The number of carbonyl (C=O) groups excluding carboxylic acids is 1. The minimum atomic E-state index is -0.105. The maximum Gasteiger partial charge on any atom is 0.255 e. The quantitative estimate of drug-likeness (QED) is 0.513. The van der Waals surface area contributed by atoms with Gasteiger partial charge < -0.3 is 14.8 Å². The fraction of sp³-hybridized carbons (Fsp3) is 0.200. The largest absolute Gasteiger partial charge is 0.378 e. The minimum Gasteiger partial charge on any atom is -0.378 e. The first-order chi connectivity index (χ1) is 14.5. The van der Waals surface area contributed by atoms with Gasteiger partial charge in [0.15, 0.2) is 0 Å². The molecule has 5 nitrogen and oxygen atoms in total. The fourth-order valence-electron chi connectivity index (χ4n) is 3.61. The van der Waals surface area contributed by atoms with E-state index < -0.39 is 0 Å². The molecule has 0 radical (unpaired) electrons. The minimum absolute atomic E-state index is 0.105. The van der Waals surface area contributed by atoms with Crippen molar-refractivity contribution in [3.63, 3.8) is 0 Å². The summed E-state index contributed by atoms with van der Waals surface area (Å²) < 4.78 is 2.15. The second-order valence-electron chi connectivity index (χ2n) is 7.68. The first-order valence-electron chi connectivity index (χ1n) is 10.1. The maximum absolute atomic E-state index is 12.7. The predicted octanol–water partition coefficient (Wildman–Crippen LogP) is 4.68. The zero-order chi connectivity index (χ0) is 21.1. The average Bonchev–Trinajstić information content (AvgIpc) is 3.08. The molecule has 30 heavy (non-hydrogen) atoms. The van der Waals surface area contributed by atoms with Crippen LogP contribution in [-0.2, 0) is 19.9 Å². The Bertz CT molecular complexity index is 1190. The molecular formula is C25H26N4O. The monoisotopic (exact) mass is 398 g/mol. The lowest BCUT2D eigenvalue weighted by atomic mass is 10.1. The molecule has 1 N–H and O–H groups in total. The van der Waals surface area contributed by atoms with Crippen molar-refractivity contribution in [3.05, 3.63) is 89.7 Å². The van der Waals surface area contributed by atoms with Crippen LogP contribution < -0.4 is 10.2 Å². The van der Waals surface area contributed by atoms with E-state index in [1.54, 1.807) is 0 Å². The molecule has 5 heteroatoms. The third-order valence-electron chi connectivity index (χ3n) is 5.33. The number of aromatic nitrogens is 2. The Kier molecular flexibility index (Phi) is 5.53. The van der Waals surface area contributed by atoms with E-state index in [1.807, 2.05) is 79.7 Å². The van der Waals surface area contributed by atoms with E-state index in [4.69, 9.17) is 4.98 Å². The Morgan fingerprint density at radius 1 is 0.967 bits per heavy atom. The number of para-hydroxylation sites is 2. The molecule has 0 aliphatic heterocycles. The van der Waals surface area contributed by atoms with E-state index in [0.717, 1.165) is 41.1 Å². The van der Waals surface area contributed by atoms with Crippen LogP contribution >= 0.6 is 0 Å². The Hall–Kier alpha value is -3.60. The number of carbonyl (C=O) groups is 1. The molecule has 4 rings (SSSR count). The van der Waals surface area contributed by atoms with Crippen LogP contribution in [0.2, 0.25) is 0 Å². The van der Waals surface area contributed by atoms with Gasteiger partial charge in [-0.15, -0.1) is 0 Å². The summed E-state index contributed by atoms with van der Waals surface area (Å²) in [7, 11) is 5.99. The second-order valence-corrected chi connectivity index (χ2v) is 7.68. The van der Waals surface area contributed by atoms with Crippen molar-refractivity contribution in [3.8, 4) is 0 Å². The fourth-order valence-corrected chi connectivity index (χ4v) is 3.61. The molecule has 1 amide bonds. The van der Waals surface area contributed by atoms with Gasteiger partial charge >= 0.3 is 0 Å². The van der Waals surface area contributed by atoms with E-state index in [1.165, 1.54) is 5.56 Å². The molecule has 0 aliphatic carbocycles. The van der Waals surface area contributed by atoms with Crippen molar-refractivity contribution in [1.82, 2.24) is 9.55 Å². The van der Waals surface area contributed by atoms with Crippen molar-refractivity contribution in [1.29, 1.82) is 0 Å². The molecule has 3 aromatic carbocycles. The lowest BCUT2D eigenvalue weighted by molar-refractivity contribution is 0.102. The number of amides is 1. The van der Waals surface area contributed by atoms with Gasteiger partial charge in [0.1, 0.15) is 5.82 Å². The highest BCUT2D eigenvalue weighted by Crippen LogP contribution is 2.19. The molecule has 1 heterocycles. The molecule has 0 saturated carbocycles. The number of aryl methyl sites for hydroxylation is 3. The summed E-state index contributed by atoms with van der Waals surface area (Å²) in [5.74, 6) is 0.956. The highest BCUT2D eigenvalue weighted by atomic mass is 16.1. The molecule has 152 valence electrons. The maximum atomic E-state index is 12.7. The summed E-state index contributed by atoms with van der Waals surface area (Å²) >= 11 is 0. The van der Waals surface area contributed by atoms with E-state index in [-0.39, 0.29) is 5.91 Å². The standard InChI is InChI=1S/C25H26N4O/c1-28(2)21-11-7-9-19(17-21)25(30)26-20-10-6-8-18(16-20)14-15-24-27-22-12-4-5-13-23(22)29(24)3/h4-13,16-17H,14-15H2,1-3H3,(H,26,30).